The molecule has 0 unspecified atom stereocenters. The molecule has 0 saturated carbocycles. The molecule has 27 heavy (non-hydrogen) atoms. The third-order valence-corrected chi connectivity index (χ3v) is 5.39. The van der Waals surface area contributed by atoms with Crippen LogP contribution in [0, 0.1) is 0 Å². The van der Waals surface area contributed by atoms with E-state index < -0.39 is 0 Å². The van der Waals surface area contributed by atoms with E-state index in [9.17, 15) is 0 Å². The van der Waals surface area contributed by atoms with Gasteiger partial charge in [-0.2, -0.15) is 0 Å². The van der Waals surface area contributed by atoms with E-state index in [4.69, 9.17) is 20.4 Å². The van der Waals surface area contributed by atoms with Crippen LogP contribution < -0.4 is 0 Å². The molecule has 0 atom stereocenters. The Hall–Kier alpha value is -3.23. The lowest BCUT2D eigenvalue weighted by molar-refractivity contribution is 0.665. The van der Waals surface area contributed by atoms with E-state index in [0.29, 0.717) is 5.02 Å². The van der Waals surface area contributed by atoms with Crippen molar-refractivity contribution in [2.45, 2.75) is 0 Å². The zero-order chi connectivity index (χ0) is 18.0. The van der Waals surface area contributed by atoms with Crippen molar-refractivity contribution in [3.63, 3.8) is 0 Å². The highest BCUT2D eigenvalue weighted by molar-refractivity contribution is 6.31. The van der Waals surface area contributed by atoms with E-state index in [1.54, 1.807) is 0 Å². The van der Waals surface area contributed by atoms with Gasteiger partial charge in [0.15, 0.2) is 0 Å². The summed E-state index contributed by atoms with van der Waals surface area (Å²) in [5, 5.41) is 5.04. The van der Waals surface area contributed by atoms with Crippen molar-refractivity contribution in [2.75, 3.05) is 0 Å². The number of furan rings is 2. The molecule has 6 aromatic rings. The summed E-state index contributed by atoms with van der Waals surface area (Å²) in [4.78, 5) is 0. The maximum atomic E-state index is 6.22. The SMILES string of the molecule is Clc1ccc2c(c1)oc1c(-c3cccc4c3oc3ccccc34)cccc12. The number of fused-ring (bicyclic) bond motifs is 6. The van der Waals surface area contributed by atoms with Crippen LogP contribution in [-0.4, -0.2) is 0 Å². The van der Waals surface area contributed by atoms with Gasteiger partial charge >= 0.3 is 0 Å². The summed E-state index contributed by atoms with van der Waals surface area (Å²) in [6.07, 6.45) is 0. The van der Waals surface area contributed by atoms with E-state index in [-0.39, 0.29) is 0 Å². The minimum absolute atomic E-state index is 0.669. The fourth-order valence-corrected chi connectivity index (χ4v) is 4.11. The van der Waals surface area contributed by atoms with Gasteiger partial charge in [0.05, 0.1) is 0 Å². The van der Waals surface area contributed by atoms with E-state index in [1.807, 2.05) is 36.4 Å². The maximum absolute atomic E-state index is 6.22. The van der Waals surface area contributed by atoms with Crippen LogP contribution in [-0.2, 0) is 0 Å². The largest absolute Gasteiger partial charge is 0.455 e. The van der Waals surface area contributed by atoms with Crippen molar-refractivity contribution in [1.82, 2.24) is 0 Å². The lowest BCUT2D eigenvalue weighted by Gasteiger charge is -2.03. The van der Waals surface area contributed by atoms with Gasteiger partial charge in [0.2, 0.25) is 0 Å². The Morgan fingerprint density at radius 3 is 1.85 bits per heavy atom. The zero-order valence-electron chi connectivity index (χ0n) is 14.2. The van der Waals surface area contributed by atoms with Crippen molar-refractivity contribution >= 4 is 55.5 Å². The van der Waals surface area contributed by atoms with Crippen LogP contribution >= 0.6 is 11.6 Å². The molecule has 128 valence electrons. The molecule has 0 bridgehead atoms. The average molecular weight is 369 g/mol. The third kappa shape index (κ3) is 2.08. The molecule has 2 aromatic heterocycles. The zero-order valence-corrected chi connectivity index (χ0v) is 15.0. The van der Waals surface area contributed by atoms with E-state index in [1.165, 1.54) is 0 Å². The van der Waals surface area contributed by atoms with Crippen LogP contribution in [0.1, 0.15) is 0 Å². The molecule has 0 fully saturated rings. The Kier molecular flexibility index (Phi) is 2.97. The first kappa shape index (κ1) is 14.9. The summed E-state index contributed by atoms with van der Waals surface area (Å²) in [5.41, 5.74) is 5.46. The first-order valence-corrected chi connectivity index (χ1v) is 9.19. The highest BCUT2D eigenvalue weighted by Gasteiger charge is 2.17. The molecule has 0 amide bonds. The quantitative estimate of drug-likeness (QED) is 0.296. The number of rotatable bonds is 1. The first-order valence-electron chi connectivity index (χ1n) is 8.81. The molecule has 2 heterocycles. The second-order valence-corrected chi connectivity index (χ2v) is 7.14. The Morgan fingerprint density at radius 2 is 1.11 bits per heavy atom. The van der Waals surface area contributed by atoms with Crippen molar-refractivity contribution in [1.29, 1.82) is 0 Å². The average Bonchev–Trinajstić information content (AvgIpc) is 3.25. The molecule has 6 rings (SSSR count). The molecule has 0 saturated heterocycles. The summed E-state index contributed by atoms with van der Waals surface area (Å²) in [7, 11) is 0. The second kappa shape index (κ2) is 5.38. The molecular weight excluding hydrogens is 356 g/mol. The Morgan fingerprint density at radius 1 is 0.519 bits per heavy atom. The Labute approximate surface area is 159 Å². The molecule has 0 N–H and O–H groups in total. The van der Waals surface area contributed by atoms with Crippen LogP contribution in [0.4, 0.5) is 0 Å². The predicted molar refractivity (Wildman–Crippen MR) is 111 cm³/mol. The third-order valence-electron chi connectivity index (χ3n) is 5.16. The molecule has 3 heteroatoms. The minimum Gasteiger partial charge on any atom is -0.455 e. The normalized spacial score (nSPS) is 11.9. The van der Waals surface area contributed by atoms with Gasteiger partial charge in [-0.15, -0.1) is 0 Å². The minimum atomic E-state index is 0.669. The van der Waals surface area contributed by atoms with Crippen LogP contribution in [0.5, 0.6) is 0 Å². The van der Waals surface area contributed by atoms with Gasteiger partial charge in [0.25, 0.3) is 0 Å². The van der Waals surface area contributed by atoms with Gasteiger partial charge in [-0.25, -0.2) is 0 Å². The van der Waals surface area contributed by atoms with E-state index in [0.717, 1.165) is 55.0 Å². The summed E-state index contributed by atoms with van der Waals surface area (Å²) in [6, 6.07) is 26.4. The van der Waals surface area contributed by atoms with Gasteiger partial charge in [-0.3, -0.25) is 0 Å². The molecule has 4 aromatic carbocycles. The van der Waals surface area contributed by atoms with Crippen LogP contribution in [0.2, 0.25) is 5.02 Å². The molecule has 0 radical (unpaired) electrons. The van der Waals surface area contributed by atoms with Crippen molar-refractivity contribution in [2.24, 2.45) is 0 Å². The van der Waals surface area contributed by atoms with Crippen LogP contribution in [0.3, 0.4) is 0 Å². The number of para-hydroxylation sites is 3. The van der Waals surface area contributed by atoms with Gasteiger partial charge < -0.3 is 8.83 Å². The summed E-state index contributed by atoms with van der Waals surface area (Å²) in [5.74, 6) is 0. The monoisotopic (exact) mass is 368 g/mol. The summed E-state index contributed by atoms with van der Waals surface area (Å²) >= 11 is 6.15. The first-order chi connectivity index (χ1) is 13.3. The fourth-order valence-electron chi connectivity index (χ4n) is 3.94. The smallest absolute Gasteiger partial charge is 0.143 e. The standard InChI is InChI=1S/C24H13ClO2/c25-14-11-12-16-18-7-4-9-20(24(18)27-22(16)13-14)19-8-3-6-17-15-5-1-2-10-21(15)26-23(17)19/h1-13H. The highest BCUT2D eigenvalue weighted by atomic mass is 35.5. The van der Waals surface area contributed by atoms with Gasteiger partial charge in [0.1, 0.15) is 22.3 Å². The Bertz CT molecular complexity index is 1490. The maximum Gasteiger partial charge on any atom is 0.143 e. The topological polar surface area (TPSA) is 26.3 Å². The lowest BCUT2D eigenvalue weighted by Crippen LogP contribution is -1.80. The van der Waals surface area contributed by atoms with E-state index in [2.05, 4.69) is 42.5 Å². The van der Waals surface area contributed by atoms with E-state index >= 15 is 0 Å². The van der Waals surface area contributed by atoms with Gasteiger partial charge in [-0.1, -0.05) is 66.2 Å². The molecule has 2 nitrogen and oxygen atoms in total. The molecule has 0 aliphatic rings. The molecule has 0 spiro atoms. The summed E-state index contributed by atoms with van der Waals surface area (Å²) in [6.45, 7) is 0. The molecular formula is C24H13ClO2. The number of halogens is 1. The molecule has 0 aliphatic carbocycles. The Balaban J connectivity index is 1.74. The van der Waals surface area contributed by atoms with Crippen LogP contribution in [0.15, 0.2) is 87.7 Å². The number of hydrogen-bond acceptors (Lipinski definition) is 2. The second-order valence-electron chi connectivity index (χ2n) is 6.71. The lowest BCUT2D eigenvalue weighted by atomic mass is 10.00. The number of benzene rings is 4. The van der Waals surface area contributed by atoms with Gasteiger partial charge in [-0.05, 0) is 18.2 Å². The fraction of sp³-hybridized carbons (Fsp3) is 0. The number of hydrogen-bond donors (Lipinski definition) is 0. The van der Waals surface area contributed by atoms with Crippen molar-refractivity contribution < 1.29 is 8.83 Å². The highest BCUT2D eigenvalue weighted by Crippen LogP contribution is 2.41. The van der Waals surface area contributed by atoms with Crippen molar-refractivity contribution in [3.8, 4) is 11.1 Å². The van der Waals surface area contributed by atoms with Gasteiger partial charge in [0, 0.05) is 43.8 Å². The summed E-state index contributed by atoms with van der Waals surface area (Å²) < 4.78 is 12.4. The van der Waals surface area contributed by atoms with Crippen molar-refractivity contribution in [3.05, 3.63) is 83.9 Å². The predicted octanol–water partition coefficient (Wildman–Crippen LogP) is 7.81. The molecule has 0 aliphatic heterocycles. The van der Waals surface area contributed by atoms with Crippen LogP contribution in [0.25, 0.3) is 55.0 Å².